The molecule has 0 aromatic carbocycles. The van der Waals surface area contributed by atoms with Crippen molar-refractivity contribution in [3.63, 3.8) is 0 Å². The van der Waals surface area contributed by atoms with Crippen molar-refractivity contribution in [2.75, 3.05) is 39.9 Å². The van der Waals surface area contributed by atoms with Crippen LogP contribution in [0, 0.1) is 0 Å². The highest BCUT2D eigenvalue weighted by Crippen LogP contribution is 2.19. The van der Waals surface area contributed by atoms with Gasteiger partial charge in [0.15, 0.2) is 0 Å². The Morgan fingerprint density at radius 3 is 2.62 bits per heavy atom. The molecule has 16 heavy (non-hydrogen) atoms. The number of ether oxygens (including phenoxy) is 1. The van der Waals surface area contributed by atoms with Gasteiger partial charge in [0.25, 0.3) is 0 Å². The molecular weight excluding hydrogens is 200 g/mol. The van der Waals surface area contributed by atoms with Gasteiger partial charge in [0.05, 0.1) is 0 Å². The molecule has 0 saturated carbocycles. The second kappa shape index (κ2) is 7.25. The molecule has 0 aliphatic carbocycles. The van der Waals surface area contributed by atoms with Crippen LogP contribution in [-0.2, 0) is 4.74 Å². The van der Waals surface area contributed by atoms with Gasteiger partial charge in [0, 0.05) is 38.9 Å². The molecule has 3 nitrogen and oxygen atoms in total. The van der Waals surface area contributed by atoms with Gasteiger partial charge < -0.3 is 15.0 Å². The van der Waals surface area contributed by atoms with Crippen molar-refractivity contribution in [1.82, 2.24) is 10.2 Å². The lowest BCUT2D eigenvalue weighted by Crippen LogP contribution is -2.59. The van der Waals surface area contributed by atoms with E-state index in [1.54, 1.807) is 7.11 Å². The van der Waals surface area contributed by atoms with Gasteiger partial charge in [-0.2, -0.15) is 0 Å². The minimum Gasteiger partial charge on any atom is -0.385 e. The Morgan fingerprint density at radius 1 is 1.25 bits per heavy atom. The highest BCUT2D eigenvalue weighted by Gasteiger charge is 2.31. The first kappa shape index (κ1) is 13.9. The van der Waals surface area contributed by atoms with E-state index in [2.05, 4.69) is 24.1 Å². The summed E-state index contributed by atoms with van der Waals surface area (Å²) in [5.41, 5.74) is 0.375. The Bertz CT molecular complexity index is 181. The fraction of sp³-hybridized carbons (Fsp3) is 1.00. The van der Waals surface area contributed by atoms with E-state index >= 15 is 0 Å². The van der Waals surface area contributed by atoms with E-state index in [0.717, 1.165) is 13.2 Å². The smallest absolute Gasteiger partial charge is 0.0462 e. The van der Waals surface area contributed by atoms with Crippen molar-refractivity contribution in [1.29, 1.82) is 0 Å². The molecule has 3 heteroatoms. The molecule has 1 rings (SSSR count). The van der Waals surface area contributed by atoms with Crippen molar-refractivity contribution in [3.8, 4) is 0 Å². The molecule has 0 amide bonds. The topological polar surface area (TPSA) is 24.5 Å². The van der Waals surface area contributed by atoms with Crippen LogP contribution in [0.4, 0.5) is 0 Å². The number of methoxy groups -OCH3 is 1. The number of hydrogen-bond acceptors (Lipinski definition) is 3. The van der Waals surface area contributed by atoms with Gasteiger partial charge in [-0.15, -0.1) is 0 Å². The molecule has 1 saturated heterocycles. The van der Waals surface area contributed by atoms with E-state index in [-0.39, 0.29) is 0 Å². The SMILES string of the molecule is CCC1(CC)CN(CCCCOC)CCN1. The summed E-state index contributed by atoms with van der Waals surface area (Å²) in [5, 5.41) is 3.70. The largest absolute Gasteiger partial charge is 0.385 e. The zero-order valence-corrected chi connectivity index (χ0v) is 11.2. The van der Waals surface area contributed by atoms with Crippen molar-refractivity contribution in [3.05, 3.63) is 0 Å². The van der Waals surface area contributed by atoms with Crippen molar-refractivity contribution >= 4 is 0 Å². The molecule has 1 aliphatic rings. The van der Waals surface area contributed by atoms with Gasteiger partial charge in [-0.3, -0.25) is 0 Å². The zero-order valence-electron chi connectivity index (χ0n) is 11.2. The van der Waals surface area contributed by atoms with Crippen LogP contribution < -0.4 is 5.32 Å². The van der Waals surface area contributed by atoms with E-state index in [9.17, 15) is 0 Å². The molecule has 1 heterocycles. The quantitative estimate of drug-likeness (QED) is 0.673. The summed E-state index contributed by atoms with van der Waals surface area (Å²) in [6, 6.07) is 0. The maximum atomic E-state index is 5.08. The standard InChI is InChI=1S/C13H28N2O/c1-4-13(5-2)12-15(10-8-14-13)9-6-7-11-16-3/h14H,4-12H2,1-3H3. The first-order chi connectivity index (χ1) is 7.76. The minimum atomic E-state index is 0.375. The number of rotatable bonds is 7. The number of unbranched alkanes of at least 4 members (excludes halogenated alkanes) is 1. The average Bonchev–Trinajstić information content (AvgIpc) is 2.35. The second-order valence-corrected chi connectivity index (χ2v) is 4.89. The number of piperazine rings is 1. The van der Waals surface area contributed by atoms with Crippen LogP contribution in [-0.4, -0.2) is 50.3 Å². The zero-order chi connectivity index (χ0) is 11.9. The van der Waals surface area contributed by atoms with Crippen LogP contribution >= 0.6 is 0 Å². The minimum absolute atomic E-state index is 0.375. The third kappa shape index (κ3) is 4.04. The van der Waals surface area contributed by atoms with E-state index < -0.39 is 0 Å². The molecule has 0 bridgehead atoms. The molecule has 0 spiro atoms. The summed E-state index contributed by atoms with van der Waals surface area (Å²) in [7, 11) is 1.78. The highest BCUT2D eigenvalue weighted by molar-refractivity contribution is 4.92. The molecule has 96 valence electrons. The van der Waals surface area contributed by atoms with Crippen molar-refractivity contribution in [2.24, 2.45) is 0 Å². The van der Waals surface area contributed by atoms with Crippen LogP contribution in [0.25, 0.3) is 0 Å². The number of nitrogens with one attached hydrogen (secondary N) is 1. The summed E-state index contributed by atoms with van der Waals surface area (Å²) >= 11 is 0. The highest BCUT2D eigenvalue weighted by atomic mass is 16.5. The molecule has 1 fully saturated rings. The van der Waals surface area contributed by atoms with E-state index in [1.807, 2.05) is 0 Å². The number of nitrogens with zero attached hydrogens (tertiary/aromatic N) is 1. The summed E-state index contributed by atoms with van der Waals surface area (Å²) in [6.07, 6.45) is 4.92. The molecule has 0 radical (unpaired) electrons. The molecule has 0 atom stereocenters. The summed E-state index contributed by atoms with van der Waals surface area (Å²) in [4.78, 5) is 2.61. The van der Waals surface area contributed by atoms with Gasteiger partial charge in [-0.1, -0.05) is 13.8 Å². The molecule has 1 aliphatic heterocycles. The lowest BCUT2D eigenvalue weighted by Gasteiger charge is -2.43. The first-order valence-corrected chi connectivity index (χ1v) is 6.72. The van der Waals surface area contributed by atoms with Crippen LogP contribution in [0.3, 0.4) is 0 Å². The van der Waals surface area contributed by atoms with Crippen molar-refractivity contribution < 1.29 is 4.74 Å². The van der Waals surface area contributed by atoms with Gasteiger partial charge in [0.1, 0.15) is 0 Å². The monoisotopic (exact) mass is 228 g/mol. The Labute approximate surface area is 101 Å². The van der Waals surface area contributed by atoms with E-state index in [0.29, 0.717) is 5.54 Å². The molecule has 1 N–H and O–H groups in total. The molecule has 0 aromatic rings. The van der Waals surface area contributed by atoms with Gasteiger partial charge >= 0.3 is 0 Å². The molecular formula is C13H28N2O. The normalized spacial score (nSPS) is 21.2. The predicted octanol–water partition coefficient (Wildman–Crippen LogP) is 1.88. The lowest BCUT2D eigenvalue weighted by atomic mass is 9.90. The Kier molecular flexibility index (Phi) is 6.32. The number of hydrogen-bond donors (Lipinski definition) is 1. The maximum Gasteiger partial charge on any atom is 0.0462 e. The van der Waals surface area contributed by atoms with Crippen LogP contribution in [0.2, 0.25) is 0 Å². The molecule has 0 aromatic heterocycles. The van der Waals surface area contributed by atoms with Gasteiger partial charge in [-0.25, -0.2) is 0 Å². The Morgan fingerprint density at radius 2 is 2.00 bits per heavy atom. The van der Waals surface area contributed by atoms with E-state index in [1.165, 1.54) is 45.3 Å². The third-order valence-electron chi connectivity index (χ3n) is 3.88. The summed E-state index contributed by atoms with van der Waals surface area (Å²) in [6.45, 7) is 10.3. The van der Waals surface area contributed by atoms with Crippen LogP contribution in [0.1, 0.15) is 39.5 Å². The second-order valence-electron chi connectivity index (χ2n) is 4.89. The first-order valence-electron chi connectivity index (χ1n) is 6.72. The van der Waals surface area contributed by atoms with Crippen LogP contribution in [0.15, 0.2) is 0 Å². The summed E-state index contributed by atoms with van der Waals surface area (Å²) < 4.78 is 5.08. The Hall–Kier alpha value is -0.120. The van der Waals surface area contributed by atoms with Gasteiger partial charge in [-0.05, 0) is 32.2 Å². The van der Waals surface area contributed by atoms with E-state index in [4.69, 9.17) is 4.74 Å². The fourth-order valence-electron chi connectivity index (χ4n) is 2.54. The molecule has 0 unspecified atom stereocenters. The summed E-state index contributed by atoms with van der Waals surface area (Å²) in [5.74, 6) is 0. The predicted molar refractivity (Wildman–Crippen MR) is 68.9 cm³/mol. The lowest BCUT2D eigenvalue weighted by molar-refractivity contribution is 0.117. The maximum absolute atomic E-state index is 5.08. The average molecular weight is 228 g/mol. The van der Waals surface area contributed by atoms with Crippen molar-refractivity contribution in [2.45, 2.75) is 45.1 Å². The fourth-order valence-corrected chi connectivity index (χ4v) is 2.54. The third-order valence-corrected chi connectivity index (χ3v) is 3.88. The van der Waals surface area contributed by atoms with Crippen LogP contribution in [0.5, 0.6) is 0 Å². The van der Waals surface area contributed by atoms with Gasteiger partial charge in [0.2, 0.25) is 0 Å². The Balaban J connectivity index is 2.27.